The molecule has 1 aliphatic heterocycles. The van der Waals surface area contributed by atoms with Crippen LogP contribution in [0.3, 0.4) is 0 Å². The first kappa shape index (κ1) is 19.2. The Labute approximate surface area is 180 Å². The number of nitrogens with one attached hydrogen (secondary N) is 1. The summed E-state index contributed by atoms with van der Waals surface area (Å²) in [4.78, 5) is 19.4. The third-order valence-corrected chi connectivity index (χ3v) is 5.52. The van der Waals surface area contributed by atoms with E-state index < -0.39 is 0 Å². The Kier molecular flexibility index (Phi) is 5.27. The molecule has 156 valence electrons. The molecule has 1 saturated heterocycles. The average molecular weight is 413 g/mol. The number of hydrogen-bond donors (Lipinski definition) is 1. The molecule has 6 heteroatoms. The number of amides is 1. The Hall–Kier alpha value is -3.80. The summed E-state index contributed by atoms with van der Waals surface area (Å²) in [6.07, 6.45) is 1.53. The number of piperidine rings is 1. The number of nitrogens with zero attached hydrogens (tertiary/aromatic N) is 2. The van der Waals surface area contributed by atoms with Gasteiger partial charge in [0.1, 0.15) is 17.0 Å². The van der Waals surface area contributed by atoms with Crippen LogP contribution in [-0.4, -0.2) is 24.0 Å². The predicted octanol–water partition coefficient (Wildman–Crippen LogP) is 5.48. The number of anilines is 2. The van der Waals surface area contributed by atoms with Gasteiger partial charge in [0, 0.05) is 24.7 Å². The molecular weight excluding hydrogens is 390 g/mol. The third kappa shape index (κ3) is 4.38. The maximum atomic E-state index is 12.7. The zero-order valence-electron chi connectivity index (χ0n) is 17.0. The van der Waals surface area contributed by atoms with E-state index in [0.29, 0.717) is 6.01 Å². The highest BCUT2D eigenvalue weighted by atomic mass is 16.5. The Morgan fingerprint density at radius 1 is 0.903 bits per heavy atom. The zero-order valence-corrected chi connectivity index (χ0v) is 17.0. The molecule has 31 heavy (non-hydrogen) atoms. The molecule has 3 aromatic carbocycles. The van der Waals surface area contributed by atoms with Gasteiger partial charge in [-0.25, -0.2) is 0 Å². The fourth-order valence-electron chi connectivity index (χ4n) is 3.80. The van der Waals surface area contributed by atoms with Crippen molar-refractivity contribution in [2.45, 2.75) is 12.8 Å². The Bertz CT molecular complexity index is 1130. The van der Waals surface area contributed by atoms with E-state index in [9.17, 15) is 4.79 Å². The number of aromatic nitrogens is 1. The number of oxazole rings is 1. The predicted molar refractivity (Wildman–Crippen MR) is 121 cm³/mol. The molecule has 0 unspecified atom stereocenters. The van der Waals surface area contributed by atoms with E-state index in [1.54, 1.807) is 0 Å². The Morgan fingerprint density at radius 2 is 1.58 bits per heavy atom. The van der Waals surface area contributed by atoms with Crippen LogP contribution in [-0.2, 0) is 4.79 Å². The molecule has 1 amide bonds. The van der Waals surface area contributed by atoms with Crippen molar-refractivity contribution in [1.29, 1.82) is 0 Å². The van der Waals surface area contributed by atoms with Crippen molar-refractivity contribution >= 4 is 28.7 Å². The van der Waals surface area contributed by atoms with Crippen LogP contribution in [0.2, 0.25) is 0 Å². The minimum absolute atomic E-state index is 0.0270. The van der Waals surface area contributed by atoms with Crippen molar-refractivity contribution < 1.29 is 13.9 Å². The van der Waals surface area contributed by atoms with Gasteiger partial charge in [0.2, 0.25) is 5.91 Å². The molecule has 2 heterocycles. The second kappa shape index (κ2) is 8.52. The van der Waals surface area contributed by atoms with Crippen LogP contribution in [0.25, 0.3) is 11.1 Å². The van der Waals surface area contributed by atoms with Gasteiger partial charge >= 0.3 is 0 Å². The number of carbonyl (C=O) groups excluding carboxylic acids is 1. The number of ether oxygens (including phenoxy) is 1. The minimum atomic E-state index is -0.0270. The van der Waals surface area contributed by atoms with Crippen LogP contribution >= 0.6 is 0 Å². The standard InChI is InChI=1S/C25H23N3O3/c29-24(26-19-10-12-21(13-11-19)30-20-6-2-1-3-7-20)18-14-16-28(17-15-18)25-27-22-8-4-5-9-23(22)31-25/h1-13,18H,14-17H2,(H,26,29). The lowest BCUT2D eigenvalue weighted by molar-refractivity contribution is -0.120. The van der Waals surface area contributed by atoms with Crippen LogP contribution in [0.5, 0.6) is 11.5 Å². The van der Waals surface area contributed by atoms with Crippen molar-refractivity contribution in [2.24, 2.45) is 5.92 Å². The van der Waals surface area contributed by atoms with Gasteiger partial charge in [-0.1, -0.05) is 30.3 Å². The molecule has 1 aliphatic rings. The third-order valence-electron chi connectivity index (χ3n) is 5.52. The normalized spacial score (nSPS) is 14.5. The van der Waals surface area contributed by atoms with Crippen molar-refractivity contribution in [3.63, 3.8) is 0 Å². The summed E-state index contributed by atoms with van der Waals surface area (Å²) in [5, 5.41) is 3.03. The molecule has 0 aliphatic carbocycles. The summed E-state index contributed by atoms with van der Waals surface area (Å²) in [7, 11) is 0. The van der Waals surface area contributed by atoms with E-state index in [1.165, 1.54) is 0 Å². The van der Waals surface area contributed by atoms with E-state index in [0.717, 1.165) is 54.2 Å². The Morgan fingerprint density at radius 3 is 2.32 bits per heavy atom. The van der Waals surface area contributed by atoms with Gasteiger partial charge in [-0.05, 0) is 61.4 Å². The molecule has 0 bridgehead atoms. The quantitative estimate of drug-likeness (QED) is 0.470. The Balaban J connectivity index is 1.15. The number of hydrogen-bond acceptors (Lipinski definition) is 5. The van der Waals surface area contributed by atoms with E-state index >= 15 is 0 Å². The zero-order chi connectivity index (χ0) is 21.0. The second-order valence-corrected chi connectivity index (χ2v) is 7.65. The smallest absolute Gasteiger partial charge is 0.298 e. The first-order valence-corrected chi connectivity index (χ1v) is 10.5. The summed E-state index contributed by atoms with van der Waals surface area (Å²) in [6.45, 7) is 1.49. The topological polar surface area (TPSA) is 67.6 Å². The largest absolute Gasteiger partial charge is 0.457 e. The molecule has 0 radical (unpaired) electrons. The summed E-state index contributed by atoms with van der Waals surface area (Å²) in [6, 6.07) is 25.5. The van der Waals surface area contributed by atoms with Gasteiger partial charge in [-0.15, -0.1) is 0 Å². The summed E-state index contributed by atoms with van der Waals surface area (Å²) >= 11 is 0. The first-order valence-electron chi connectivity index (χ1n) is 10.5. The molecule has 0 atom stereocenters. The first-order chi connectivity index (χ1) is 15.2. The number of fused-ring (bicyclic) bond motifs is 1. The second-order valence-electron chi connectivity index (χ2n) is 7.65. The molecule has 5 rings (SSSR count). The number of rotatable bonds is 5. The fourth-order valence-corrected chi connectivity index (χ4v) is 3.80. The number of benzene rings is 3. The molecule has 6 nitrogen and oxygen atoms in total. The highest BCUT2D eigenvalue weighted by molar-refractivity contribution is 5.92. The van der Waals surface area contributed by atoms with Gasteiger partial charge in [-0.3, -0.25) is 4.79 Å². The number of carbonyl (C=O) groups is 1. The van der Waals surface area contributed by atoms with E-state index in [1.807, 2.05) is 78.9 Å². The van der Waals surface area contributed by atoms with Crippen LogP contribution in [0, 0.1) is 5.92 Å². The summed E-state index contributed by atoms with van der Waals surface area (Å²) in [5.74, 6) is 1.54. The number of para-hydroxylation sites is 3. The van der Waals surface area contributed by atoms with Crippen LogP contribution < -0.4 is 15.0 Å². The molecule has 1 N–H and O–H groups in total. The van der Waals surface area contributed by atoms with E-state index in [2.05, 4.69) is 15.2 Å². The van der Waals surface area contributed by atoms with Crippen LogP contribution in [0.1, 0.15) is 12.8 Å². The lowest BCUT2D eigenvalue weighted by atomic mass is 9.96. The average Bonchev–Trinajstić information content (AvgIpc) is 3.25. The summed E-state index contributed by atoms with van der Waals surface area (Å²) < 4.78 is 11.7. The van der Waals surface area contributed by atoms with E-state index in [-0.39, 0.29) is 11.8 Å². The maximum absolute atomic E-state index is 12.7. The highest BCUT2D eigenvalue weighted by Gasteiger charge is 2.27. The van der Waals surface area contributed by atoms with Gasteiger partial charge in [0.05, 0.1) is 0 Å². The van der Waals surface area contributed by atoms with Crippen molar-refractivity contribution in [3.05, 3.63) is 78.9 Å². The molecule has 1 fully saturated rings. The molecule has 4 aromatic rings. The molecule has 0 spiro atoms. The van der Waals surface area contributed by atoms with Gasteiger partial charge in [0.25, 0.3) is 6.01 Å². The van der Waals surface area contributed by atoms with Crippen LogP contribution in [0.15, 0.2) is 83.3 Å². The van der Waals surface area contributed by atoms with Crippen molar-refractivity contribution in [2.75, 3.05) is 23.3 Å². The van der Waals surface area contributed by atoms with Gasteiger partial charge in [-0.2, -0.15) is 4.98 Å². The minimum Gasteiger partial charge on any atom is -0.457 e. The highest BCUT2D eigenvalue weighted by Crippen LogP contribution is 2.27. The fraction of sp³-hybridized carbons (Fsp3) is 0.200. The van der Waals surface area contributed by atoms with Crippen LogP contribution in [0.4, 0.5) is 11.7 Å². The molecule has 1 aromatic heterocycles. The van der Waals surface area contributed by atoms with Crippen molar-refractivity contribution in [1.82, 2.24) is 4.98 Å². The lowest BCUT2D eigenvalue weighted by Crippen LogP contribution is -2.38. The van der Waals surface area contributed by atoms with E-state index in [4.69, 9.17) is 9.15 Å². The summed E-state index contributed by atoms with van der Waals surface area (Å²) in [5.41, 5.74) is 2.42. The SMILES string of the molecule is O=C(Nc1ccc(Oc2ccccc2)cc1)C1CCN(c2nc3ccccc3o2)CC1. The monoisotopic (exact) mass is 413 g/mol. The van der Waals surface area contributed by atoms with Crippen molar-refractivity contribution in [3.8, 4) is 11.5 Å². The molecular formula is C25H23N3O3. The van der Waals surface area contributed by atoms with Gasteiger partial charge < -0.3 is 19.4 Å². The lowest BCUT2D eigenvalue weighted by Gasteiger charge is -2.30. The van der Waals surface area contributed by atoms with Gasteiger partial charge in [0.15, 0.2) is 5.58 Å². The molecule has 0 saturated carbocycles. The maximum Gasteiger partial charge on any atom is 0.298 e.